The number of benzene rings is 1. The quantitative estimate of drug-likeness (QED) is 0.921. The van der Waals surface area contributed by atoms with Crippen molar-refractivity contribution >= 4 is 11.8 Å². The second-order valence-electron chi connectivity index (χ2n) is 6.98. The van der Waals surface area contributed by atoms with E-state index in [-0.39, 0.29) is 36.5 Å². The third-order valence-corrected chi connectivity index (χ3v) is 4.21. The van der Waals surface area contributed by atoms with Crippen LogP contribution in [0.5, 0.6) is 11.5 Å². The van der Waals surface area contributed by atoms with E-state index in [0.717, 1.165) is 11.3 Å². The zero-order valence-corrected chi connectivity index (χ0v) is 13.7. The van der Waals surface area contributed by atoms with Crippen molar-refractivity contribution in [1.29, 1.82) is 0 Å². The van der Waals surface area contributed by atoms with Crippen molar-refractivity contribution in [2.45, 2.75) is 39.3 Å². The molecule has 124 valence electrons. The highest BCUT2D eigenvalue weighted by atomic mass is 16.7. The molecule has 0 aromatic heterocycles. The average molecular weight is 318 g/mol. The first-order chi connectivity index (χ1) is 10.8. The first-order valence-electron chi connectivity index (χ1n) is 7.81. The molecule has 0 spiro atoms. The number of nitrogens with zero attached hydrogens (tertiary/aromatic N) is 1. The van der Waals surface area contributed by atoms with Gasteiger partial charge in [0.25, 0.3) is 0 Å². The maximum atomic E-state index is 12.3. The predicted molar refractivity (Wildman–Crippen MR) is 84.0 cm³/mol. The molecule has 23 heavy (non-hydrogen) atoms. The van der Waals surface area contributed by atoms with Gasteiger partial charge in [0.15, 0.2) is 11.5 Å². The Hall–Kier alpha value is -2.24. The Labute approximate surface area is 135 Å². The number of fused-ring (bicyclic) bond motifs is 1. The van der Waals surface area contributed by atoms with Gasteiger partial charge in [-0.05, 0) is 38.5 Å². The van der Waals surface area contributed by atoms with Crippen molar-refractivity contribution in [1.82, 2.24) is 10.2 Å². The summed E-state index contributed by atoms with van der Waals surface area (Å²) in [5.41, 5.74) is 0.697. The Kier molecular flexibility index (Phi) is 3.92. The van der Waals surface area contributed by atoms with Gasteiger partial charge in [0.05, 0.1) is 5.92 Å². The van der Waals surface area contributed by atoms with E-state index in [4.69, 9.17) is 9.47 Å². The van der Waals surface area contributed by atoms with Crippen LogP contribution in [0.15, 0.2) is 18.2 Å². The summed E-state index contributed by atoms with van der Waals surface area (Å²) in [7, 11) is 0. The van der Waals surface area contributed by atoms with Crippen LogP contribution in [0.3, 0.4) is 0 Å². The van der Waals surface area contributed by atoms with E-state index in [0.29, 0.717) is 18.8 Å². The molecule has 1 saturated heterocycles. The number of amides is 2. The van der Waals surface area contributed by atoms with E-state index in [1.165, 1.54) is 0 Å². The van der Waals surface area contributed by atoms with E-state index in [1.807, 2.05) is 39.0 Å². The van der Waals surface area contributed by atoms with Gasteiger partial charge in [-0.3, -0.25) is 9.59 Å². The zero-order chi connectivity index (χ0) is 16.6. The number of likely N-dealkylation sites (tertiary alicyclic amines) is 1. The second-order valence-corrected chi connectivity index (χ2v) is 6.98. The molecule has 2 aliphatic heterocycles. The number of nitrogens with one attached hydrogen (secondary N) is 1. The first kappa shape index (κ1) is 15.6. The molecule has 6 heteroatoms. The van der Waals surface area contributed by atoms with Crippen molar-refractivity contribution in [3.8, 4) is 11.5 Å². The molecule has 1 aromatic rings. The van der Waals surface area contributed by atoms with Crippen LogP contribution in [-0.4, -0.2) is 35.6 Å². The van der Waals surface area contributed by atoms with E-state index >= 15 is 0 Å². The molecule has 0 radical (unpaired) electrons. The fourth-order valence-corrected chi connectivity index (χ4v) is 2.92. The van der Waals surface area contributed by atoms with Crippen molar-refractivity contribution < 1.29 is 19.1 Å². The Morgan fingerprint density at radius 2 is 2.04 bits per heavy atom. The van der Waals surface area contributed by atoms with Gasteiger partial charge >= 0.3 is 0 Å². The van der Waals surface area contributed by atoms with E-state index < -0.39 is 0 Å². The largest absolute Gasteiger partial charge is 0.454 e. The van der Waals surface area contributed by atoms with E-state index in [2.05, 4.69) is 5.32 Å². The van der Waals surface area contributed by atoms with Gasteiger partial charge in [0.1, 0.15) is 0 Å². The maximum Gasteiger partial charge on any atom is 0.231 e. The molecule has 1 atom stereocenters. The molecular formula is C17H22N2O4. The Balaban J connectivity index is 1.57. The third-order valence-electron chi connectivity index (χ3n) is 4.21. The van der Waals surface area contributed by atoms with Gasteiger partial charge in [-0.25, -0.2) is 0 Å². The summed E-state index contributed by atoms with van der Waals surface area (Å²) in [6.07, 6.45) is 0.282. The highest BCUT2D eigenvalue weighted by molar-refractivity contribution is 5.89. The smallest absolute Gasteiger partial charge is 0.231 e. The lowest BCUT2D eigenvalue weighted by Crippen LogP contribution is -2.43. The SMILES string of the molecule is CC(C)(C)N1C[C@@H](C(=O)NCc2ccc3c(c2)OCO3)CC1=O. The lowest BCUT2D eigenvalue weighted by Gasteiger charge is -2.31. The summed E-state index contributed by atoms with van der Waals surface area (Å²) in [6.45, 7) is 7.08. The van der Waals surface area contributed by atoms with Gasteiger partial charge in [0, 0.05) is 25.0 Å². The topological polar surface area (TPSA) is 67.9 Å². The van der Waals surface area contributed by atoms with Gasteiger partial charge < -0.3 is 19.7 Å². The monoisotopic (exact) mass is 318 g/mol. The van der Waals surface area contributed by atoms with Crippen LogP contribution in [0.1, 0.15) is 32.8 Å². The lowest BCUT2D eigenvalue weighted by atomic mass is 10.1. The highest BCUT2D eigenvalue weighted by Gasteiger charge is 2.39. The van der Waals surface area contributed by atoms with Crippen LogP contribution < -0.4 is 14.8 Å². The molecule has 1 aromatic carbocycles. The minimum atomic E-state index is -0.282. The van der Waals surface area contributed by atoms with Crippen molar-refractivity contribution in [2.75, 3.05) is 13.3 Å². The van der Waals surface area contributed by atoms with Crippen molar-refractivity contribution in [2.24, 2.45) is 5.92 Å². The van der Waals surface area contributed by atoms with Crippen LogP contribution in [0.25, 0.3) is 0 Å². The Bertz CT molecular complexity index is 636. The molecule has 3 rings (SSSR count). The maximum absolute atomic E-state index is 12.3. The number of hydrogen-bond donors (Lipinski definition) is 1. The Morgan fingerprint density at radius 1 is 1.30 bits per heavy atom. The van der Waals surface area contributed by atoms with E-state index in [1.54, 1.807) is 4.90 Å². The average Bonchev–Trinajstić information content (AvgIpc) is 3.09. The molecule has 0 bridgehead atoms. The van der Waals surface area contributed by atoms with Gasteiger partial charge in [-0.2, -0.15) is 0 Å². The molecule has 2 heterocycles. The number of carbonyl (C=O) groups is 2. The lowest BCUT2D eigenvalue weighted by molar-refractivity contribution is -0.132. The molecule has 2 aliphatic rings. The first-order valence-corrected chi connectivity index (χ1v) is 7.81. The van der Waals surface area contributed by atoms with Crippen molar-refractivity contribution in [3.63, 3.8) is 0 Å². The molecule has 1 fully saturated rings. The molecule has 1 N–H and O–H groups in total. The molecule has 0 saturated carbocycles. The second kappa shape index (κ2) is 5.76. The van der Waals surface area contributed by atoms with E-state index in [9.17, 15) is 9.59 Å². The number of carbonyl (C=O) groups excluding carboxylic acids is 2. The summed E-state index contributed by atoms with van der Waals surface area (Å²) < 4.78 is 10.6. The standard InChI is InChI=1S/C17H22N2O4/c1-17(2,3)19-9-12(7-15(19)20)16(21)18-8-11-4-5-13-14(6-11)23-10-22-13/h4-6,12H,7-10H2,1-3H3,(H,18,21)/t12-/m0/s1. The molecular weight excluding hydrogens is 296 g/mol. The minimum Gasteiger partial charge on any atom is -0.454 e. The summed E-state index contributed by atoms with van der Waals surface area (Å²) in [5.74, 6) is 1.10. The van der Waals surface area contributed by atoms with Crippen molar-refractivity contribution in [3.05, 3.63) is 23.8 Å². The predicted octanol–water partition coefficient (Wildman–Crippen LogP) is 1.68. The molecule has 6 nitrogen and oxygen atoms in total. The summed E-state index contributed by atoms with van der Waals surface area (Å²) in [4.78, 5) is 26.2. The van der Waals surface area contributed by atoms with Gasteiger partial charge in [-0.15, -0.1) is 0 Å². The Morgan fingerprint density at radius 3 is 2.74 bits per heavy atom. The highest BCUT2D eigenvalue weighted by Crippen LogP contribution is 2.32. The summed E-state index contributed by atoms with van der Waals surface area (Å²) in [6, 6.07) is 5.60. The minimum absolute atomic E-state index is 0.0423. The van der Waals surface area contributed by atoms with Crippen LogP contribution in [0.2, 0.25) is 0 Å². The normalized spacial score (nSPS) is 20.0. The fraction of sp³-hybridized carbons (Fsp3) is 0.529. The third kappa shape index (κ3) is 3.25. The molecule has 0 aliphatic carbocycles. The van der Waals surface area contributed by atoms with Crippen LogP contribution in [-0.2, 0) is 16.1 Å². The van der Waals surface area contributed by atoms with Crippen LogP contribution in [0, 0.1) is 5.92 Å². The van der Waals surface area contributed by atoms with Gasteiger partial charge in [0.2, 0.25) is 18.6 Å². The zero-order valence-electron chi connectivity index (χ0n) is 13.7. The molecule has 0 unspecified atom stereocenters. The van der Waals surface area contributed by atoms with Crippen LogP contribution >= 0.6 is 0 Å². The number of hydrogen-bond acceptors (Lipinski definition) is 4. The molecule has 2 amide bonds. The summed E-state index contributed by atoms with van der Waals surface area (Å²) in [5, 5.41) is 2.91. The number of rotatable bonds is 3. The number of ether oxygens (including phenoxy) is 2. The van der Waals surface area contributed by atoms with Gasteiger partial charge in [-0.1, -0.05) is 6.07 Å². The van der Waals surface area contributed by atoms with Crippen LogP contribution in [0.4, 0.5) is 0 Å². The fourth-order valence-electron chi connectivity index (χ4n) is 2.92. The summed E-state index contributed by atoms with van der Waals surface area (Å²) >= 11 is 0.